The monoisotopic (exact) mass is 270 g/mol. The van der Waals surface area contributed by atoms with Crippen molar-refractivity contribution in [2.45, 2.75) is 6.92 Å². The Hall–Kier alpha value is -2.81. The number of ether oxygens (including phenoxy) is 2. The van der Waals surface area contributed by atoms with E-state index in [4.69, 9.17) is 14.7 Å². The number of benzene rings is 1. The number of hydrogen-bond donors (Lipinski definition) is 1. The Kier molecular flexibility index (Phi) is 4.01. The van der Waals surface area contributed by atoms with Gasteiger partial charge in [0.25, 0.3) is 0 Å². The molecule has 0 aliphatic rings. The van der Waals surface area contributed by atoms with Crippen LogP contribution in [-0.4, -0.2) is 24.1 Å². The molecule has 0 aliphatic carbocycles. The number of nitrogens with zero attached hydrogens (tertiary/aromatic N) is 3. The lowest BCUT2D eigenvalue weighted by molar-refractivity contribution is 0.406. The van der Waals surface area contributed by atoms with Crippen LogP contribution in [0, 0.1) is 18.3 Å². The smallest absolute Gasteiger partial charge is 0.227 e. The molecule has 102 valence electrons. The van der Waals surface area contributed by atoms with Gasteiger partial charge in [-0.3, -0.25) is 0 Å². The van der Waals surface area contributed by atoms with Crippen molar-refractivity contribution in [2.24, 2.45) is 0 Å². The van der Waals surface area contributed by atoms with Crippen molar-refractivity contribution in [1.82, 2.24) is 9.97 Å². The SMILES string of the molecule is CNc1ncnc(Oc2cc(C#N)cc(OC)c2)c1C. The van der Waals surface area contributed by atoms with Crippen LogP contribution in [0.2, 0.25) is 0 Å². The van der Waals surface area contributed by atoms with Crippen molar-refractivity contribution in [3.63, 3.8) is 0 Å². The van der Waals surface area contributed by atoms with E-state index in [0.717, 1.165) is 5.56 Å². The fraction of sp³-hybridized carbons (Fsp3) is 0.214. The van der Waals surface area contributed by atoms with Crippen molar-refractivity contribution in [3.8, 4) is 23.4 Å². The third-order valence-corrected chi connectivity index (χ3v) is 2.73. The van der Waals surface area contributed by atoms with E-state index in [1.807, 2.05) is 6.92 Å². The summed E-state index contributed by atoms with van der Waals surface area (Å²) in [6, 6.07) is 7.02. The van der Waals surface area contributed by atoms with Crippen LogP contribution in [-0.2, 0) is 0 Å². The minimum Gasteiger partial charge on any atom is -0.497 e. The Bertz CT molecular complexity index is 665. The third-order valence-electron chi connectivity index (χ3n) is 2.73. The number of nitrogens with one attached hydrogen (secondary N) is 1. The first-order valence-electron chi connectivity index (χ1n) is 5.94. The fourth-order valence-electron chi connectivity index (χ4n) is 1.71. The van der Waals surface area contributed by atoms with Gasteiger partial charge in [-0.05, 0) is 19.1 Å². The molecular formula is C14H14N4O2. The van der Waals surface area contributed by atoms with E-state index in [-0.39, 0.29) is 0 Å². The topological polar surface area (TPSA) is 80.1 Å². The fourth-order valence-corrected chi connectivity index (χ4v) is 1.71. The molecule has 6 heteroatoms. The first kappa shape index (κ1) is 13.6. The molecule has 0 amide bonds. The maximum absolute atomic E-state index is 8.99. The second-order valence-electron chi connectivity index (χ2n) is 4.01. The van der Waals surface area contributed by atoms with Gasteiger partial charge in [0.2, 0.25) is 5.88 Å². The first-order chi connectivity index (χ1) is 9.67. The van der Waals surface area contributed by atoms with Gasteiger partial charge in [-0.1, -0.05) is 0 Å². The van der Waals surface area contributed by atoms with Crippen LogP contribution in [0.1, 0.15) is 11.1 Å². The molecular weight excluding hydrogens is 256 g/mol. The number of nitriles is 1. The van der Waals surface area contributed by atoms with E-state index in [1.165, 1.54) is 13.4 Å². The molecule has 0 saturated carbocycles. The van der Waals surface area contributed by atoms with Crippen LogP contribution in [0.5, 0.6) is 17.4 Å². The zero-order valence-electron chi connectivity index (χ0n) is 11.5. The van der Waals surface area contributed by atoms with E-state index in [9.17, 15) is 0 Å². The molecule has 1 heterocycles. The van der Waals surface area contributed by atoms with Gasteiger partial charge in [-0.25, -0.2) is 9.97 Å². The summed E-state index contributed by atoms with van der Waals surface area (Å²) in [6.07, 6.45) is 1.42. The summed E-state index contributed by atoms with van der Waals surface area (Å²) in [5.74, 6) is 2.17. The molecule has 0 bridgehead atoms. The van der Waals surface area contributed by atoms with Crippen LogP contribution >= 0.6 is 0 Å². The highest BCUT2D eigenvalue weighted by molar-refractivity contribution is 5.50. The van der Waals surface area contributed by atoms with Crippen LogP contribution in [0.25, 0.3) is 0 Å². The highest BCUT2D eigenvalue weighted by atomic mass is 16.5. The van der Waals surface area contributed by atoms with Crippen LogP contribution < -0.4 is 14.8 Å². The molecule has 0 atom stereocenters. The van der Waals surface area contributed by atoms with Gasteiger partial charge in [0.15, 0.2) is 0 Å². The quantitative estimate of drug-likeness (QED) is 0.919. The lowest BCUT2D eigenvalue weighted by Gasteiger charge is -2.11. The van der Waals surface area contributed by atoms with E-state index in [1.54, 1.807) is 25.2 Å². The Morgan fingerprint density at radius 1 is 1.20 bits per heavy atom. The number of anilines is 1. The lowest BCUT2D eigenvalue weighted by Crippen LogP contribution is -2.00. The minimum absolute atomic E-state index is 0.432. The predicted molar refractivity (Wildman–Crippen MR) is 74.1 cm³/mol. The Morgan fingerprint density at radius 2 is 1.95 bits per heavy atom. The van der Waals surface area contributed by atoms with Crippen molar-refractivity contribution in [3.05, 3.63) is 35.7 Å². The summed E-state index contributed by atoms with van der Waals surface area (Å²) in [4.78, 5) is 8.18. The zero-order chi connectivity index (χ0) is 14.5. The highest BCUT2D eigenvalue weighted by Gasteiger charge is 2.09. The molecule has 2 rings (SSSR count). The van der Waals surface area contributed by atoms with E-state index in [0.29, 0.717) is 28.8 Å². The minimum atomic E-state index is 0.432. The molecule has 0 radical (unpaired) electrons. The Labute approximate surface area is 117 Å². The molecule has 1 N–H and O–H groups in total. The summed E-state index contributed by atoms with van der Waals surface area (Å²) in [5, 5.41) is 11.9. The van der Waals surface area contributed by atoms with Crippen molar-refractivity contribution < 1.29 is 9.47 Å². The third kappa shape index (κ3) is 2.78. The molecule has 0 spiro atoms. The molecule has 0 aliphatic heterocycles. The molecule has 1 aromatic heterocycles. The predicted octanol–water partition coefficient (Wildman–Crippen LogP) is 2.50. The standard InChI is InChI=1S/C14H14N4O2/c1-9-13(16-2)17-8-18-14(9)20-12-5-10(7-15)4-11(6-12)19-3/h4-6,8H,1-3H3,(H,16,17,18). The van der Waals surface area contributed by atoms with Gasteiger partial charge in [-0.2, -0.15) is 5.26 Å². The molecule has 0 saturated heterocycles. The van der Waals surface area contributed by atoms with Crippen LogP contribution in [0.3, 0.4) is 0 Å². The van der Waals surface area contributed by atoms with Gasteiger partial charge in [0.1, 0.15) is 23.6 Å². The molecule has 6 nitrogen and oxygen atoms in total. The summed E-state index contributed by atoms with van der Waals surface area (Å²) >= 11 is 0. The van der Waals surface area contributed by atoms with Gasteiger partial charge >= 0.3 is 0 Å². The number of hydrogen-bond acceptors (Lipinski definition) is 6. The van der Waals surface area contributed by atoms with Crippen molar-refractivity contribution in [2.75, 3.05) is 19.5 Å². The second-order valence-corrected chi connectivity index (χ2v) is 4.01. The van der Waals surface area contributed by atoms with Gasteiger partial charge in [0, 0.05) is 13.1 Å². The summed E-state index contributed by atoms with van der Waals surface area (Å²) in [7, 11) is 3.31. The Balaban J connectivity index is 2.37. The van der Waals surface area contributed by atoms with E-state index in [2.05, 4.69) is 21.4 Å². The highest BCUT2D eigenvalue weighted by Crippen LogP contribution is 2.29. The maximum Gasteiger partial charge on any atom is 0.227 e. The molecule has 20 heavy (non-hydrogen) atoms. The first-order valence-corrected chi connectivity index (χ1v) is 5.94. The zero-order valence-corrected chi connectivity index (χ0v) is 11.5. The molecule has 2 aromatic rings. The average molecular weight is 270 g/mol. The van der Waals surface area contributed by atoms with E-state index < -0.39 is 0 Å². The van der Waals surface area contributed by atoms with Gasteiger partial charge < -0.3 is 14.8 Å². The number of methoxy groups -OCH3 is 1. The molecule has 0 fully saturated rings. The van der Waals surface area contributed by atoms with Crippen molar-refractivity contribution >= 4 is 5.82 Å². The number of rotatable bonds is 4. The van der Waals surface area contributed by atoms with Crippen LogP contribution in [0.4, 0.5) is 5.82 Å². The normalized spacial score (nSPS) is 9.70. The summed E-state index contributed by atoms with van der Waals surface area (Å²) in [6.45, 7) is 1.85. The van der Waals surface area contributed by atoms with Crippen LogP contribution in [0.15, 0.2) is 24.5 Å². The second kappa shape index (κ2) is 5.89. The summed E-state index contributed by atoms with van der Waals surface area (Å²) in [5.41, 5.74) is 1.25. The lowest BCUT2D eigenvalue weighted by atomic mass is 10.2. The van der Waals surface area contributed by atoms with E-state index >= 15 is 0 Å². The molecule has 0 unspecified atom stereocenters. The largest absolute Gasteiger partial charge is 0.497 e. The van der Waals surface area contributed by atoms with Crippen molar-refractivity contribution in [1.29, 1.82) is 5.26 Å². The van der Waals surface area contributed by atoms with Gasteiger partial charge in [-0.15, -0.1) is 0 Å². The van der Waals surface area contributed by atoms with Gasteiger partial charge in [0.05, 0.1) is 24.3 Å². The Morgan fingerprint density at radius 3 is 2.60 bits per heavy atom. The average Bonchev–Trinajstić information content (AvgIpc) is 2.49. The summed E-state index contributed by atoms with van der Waals surface area (Å²) < 4.78 is 10.8. The number of aromatic nitrogens is 2. The molecule has 1 aromatic carbocycles. The maximum atomic E-state index is 8.99.